The molecular weight excluding hydrogens is 262 g/mol. The Morgan fingerprint density at radius 1 is 1.33 bits per heavy atom. The number of nitrogens with one attached hydrogen (secondary N) is 1. The van der Waals surface area contributed by atoms with E-state index >= 15 is 0 Å². The summed E-state index contributed by atoms with van der Waals surface area (Å²) >= 11 is 0. The van der Waals surface area contributed by atoms with Crippen molar-refractivity contribution < 1.29 is 4.74 Å². The highest BCUT2D eigenvalue weighted by molar-refractivity contribution is 5.03. The molecule has 4 heteroatoms. The van der Waals surface area contributed by atoms with Crippen LogP contribution in [0.3, 0.4) is 0 Å². The van der Waals surface area contributed by atoms with Crippen LogP contribution in [-0.2, 0) is 18.2 Å². The quantitative estimate of drug-likeness (QED) is 0.800. The third kappa shape index (κ3) is 4.07. The fourth-order valence-corrected chi connectivity index (χ4v) is 3.77. The molecule has 0 spiro atoms. The molecule has 1 N–H and O–H groups in total. The van der Waals surface area contributed by atoms with Crippen LogP contribution >= 0.6 is 0 Å². The van der Waals surface area contributed by atoms with Crippen LogP contribution in [0, 0.1) is 0 Å². The lowest BCUT2D eigenvalue weighted by molar-refractivity contribution is -0.0911. The van der Waals surface area contributed by atoms with Gasteiger partial charge >= 0.3 is 0 Å². The molecule has 0 aromatic carbocycles. The Labute approximate surface area is 129 Å². The smallest absolute Gasteiger partial charge is 0.0834 e. The van der Waals surface area contributed by atoms with Crippen LogP contribution in [0.2, 0.25) is 0 Å². The molecule has 1 unspecified atom stereocenters. The minimum atomic E-state index is 0.0433. The Kier molecular flexibility index (Phi) is 6.24. The number of likely N-dealkylation sites (N-methyl/N-ethyl adjacent to an activating group) is 1. The van der Waals surface area contributed by atoms with Crippen LogP contribution < -0.4 is 5.32 Å². The Morgan fingerprint density at radius 2 is 2.10 bits per heavy atom. The lowest BCUT2D eigenvalue weighted by Crippen LogP contribution is -2.54. The first-order valence-corrected chi connectivity index (χ1v) is 8.56. The molecule has 1 aliphatic carbocycles. The molecule has 120 valence electrons. The number of hydrogen-bond acceptors (Lipinski definition) is 3. The molecule has 0 aliphatic heterocycles. The standard InChI is InChI=1S/C17H31N3O/c1-4-18-16(10-9-15-11-14-19-20(15)3)17(21-5-2)12-7-6-8-13-17/h11,14,16,18H,4-10,12-13H2,1-3H3. The summed E-state index contributed by atoms with van der Waals surface area (Å²) < 4.78 is 8.28. The van der Waals surface area contributed by atoms with Crippen LogP contribution in [-0.4, -0.2) is 34.6 Å². The second-order valence-electron chi connectivity index (χ2n) is 6.15. The second-order valence-corrected chi connectivity index (χ2v) is 6.15. The number of rotatable bonds is 8. The van der Waals surface area contributed by atoms with E-state index in [9.17, 15) is 0 Å². The first-order chi connectivity index (χ1) is 10.2. The van der Waals surface area contributed by atoms with Crippen molar-refractivity contribution in [3.8, 4) is 0 Å². The third-order valence-corrected chi connectivity index (χ3v) is 4.83. The van der Waals surface area contributed by atoms with Crippen LogP contribution in [0.1, 0.15) is 58.1 Å². The van der Waals surface area contributed by atoms with Gasteiger partial charge in [-0.1, -0.05) is 26.2 Å². The van der Waals surface area contributed by atoms with E-state index in [1.54, 1.807) is 0 Å². The molecule has 1 fully saturated rings. The van der Waals surface area contributed by atoms with Crippen LogP contribution in [0.25, 0.3) is 0 Å². The zero-order chi connectivity index (χ0) is 15.1. The third-order valence-electron chi connectivity index (χ3n) is 4.83. The summed E-state index contributed by atoms with van der Waals surface area (Å²) in [7, 11) is 2.02. The molecule has 0 bridgehead atoms. The fraction of sp³-hybridized carbons (Fsp3) is 0.824. The summed E-state index contributed by atoms with van der Waals surface area (Å²) in [6, 6.07) is 2.56. The van der Waals surface area contributed by atoms with Crippen molar-refractivity contribution in [2.45, 2.75) is 70.4 Å². The molecular formula is C17H31N3O. The number of hydrogen-bond donors (Lipinski definition) is 1. The molecule has 1 aromatic rings. The van der Waals surface area contributed by atoms with Gasteiger partial charge in [0.25, 0.3) is 0 Å². The number of nitrogens with zero attached hydrogens (tertiary/aromatic N) is 2. The average molecular weight is 293 g/mol. The molecule has 2 rings (SSSR count). The van der Waals surface area contributed by atoms with Gasteiger partial charge in [0, 0.05) is 31.6 Å². The topological polar surface area (TPSA) is 39.1 Å². The largest absolute Gasteiger partial charge is 0.374 e. The maximum Gasteiger partial charge on any atom is 0.0834 e. The van der Waals surface area contributed by atoms with Gasteiger partial charge in [0.05, 0.1) is 5.60 Å². The first kappa shape index (κ1) is 16.5. The zero-order valence-corrected chi connectivity index (χ0v) is 13.9. The van der Waals surface area contributed by atoms with Gasteiger partial charge in [0.15, 0.2) is 0 Å². The van der Waals surface area contributed by atoms with E-state index in [0.29, 0.717) is 6.04 Å². The number of aromatic nitrogens is 2. The van der Waals surface area contributed by atoms with E-state index in [1.807, 2.05) is 17.9 Å². The predicted octanol–water partition coefficient (Wildman–Crippen LogP) is 3.07. The zero-order valence-electron chi connectivity index (χ0n) is 13.9. The molecule has 1 saturated carbocycles. The van der Waals surface area contributed by atoms with Crippen molar-refractivity contribution in [1.29, 1.82) is 0 Å². The summed E-state index contributed by atoms with van der Waals surface area (Å²) in [4.78, 5) is 0. The Balaban J connectivity index is 2.05. The van der Waals surface area contributed by atoms with E-state index in [1.165, 1.54) is 37.8 Å². The van der Waals surface area contributed by atoms with Crippen molar-refractivity contribution in [2.75, 3.05) is 13.2 Å². The van der Waals surface area contributed by atoms with Gasteiger partial charge in [-0.05, 0) is 45.2 Å². The summed E-state index contributed by atoms with van der Waals surface area (Å²) in [6.45, 7) is 6.14. The van der Waals surface area contributed by atoms with E-state index < -0.39 is 0 Å². The van der Waals surface area contributed by atoms with Gasteiger partial charge in [-0.3, -0.25) is 4.68 Å². The van der Waals surface area contributed by atoms with Crippen molar-refractivity contribution in [2.24, 2.45) is 7.05 Å². The second kappa shape index (κ2) is 7.95. The van der Waals surface area contributed by atoms with E-state index in [2.05, 4.69) is 30.3 Å². The maximum atomic E-state index is 6.30. The van der Waals surface area contributed by atoms with Gasteiger partial charge < -0.3 is 10.1 Å². The van der Waals surface area contributed by atoms with Gasteiger partial charge in [0.1, 0.15) is 0 Å². The Bertz CT molecular complexity index is 404. The van der Waals surface area contributed by atoms with Crippen molar-refractivity contribution in [3.05, 3.63) is 18.0 Å². The summed E-state index contributed by atoms with van der Waals surface area (Å²) in [5.74, 6) is 0. The lowest BCUT2D eigenvalue weighted by Gasteiger charge is -2.44. The molecule has 0 radical (unpaired) electrons. The van der Waals surface area contributed by atoms with E-state index in [4.69, 9.17) is 4.74 Å². The normalized spacial score (nSPS) is 19.6. The maximum absolute atomic E-state index is 6.30. The van der Waals surface area contributed by atoms with Gasteiger partial charge in [-0.2, -0.15) is 5.10 Å². The SMILES string of the molecule is CCNC(CCc1ccnn1C)C1(OCC)CCCCC1. The van der Waals surface area contributed by atoms with E-state index in [0.717, 1.165) is 26.0 Å². The number of ether oxygens (including phenoxy) is 1. The highest BCUT2D eigenvalue weighted by Gasteiger charge is 2.39. The van der Waals surface area contributed by atoms with Gasteiger partial charge in [0.2, 0.25) is 0 Å². The summed E-state index contributed by atoms with van der Waals surface area (Å²) in [5, 5.41) is 7.98. The van der Waals surface area contributed by atoms with Crippen LogP contribution in [0.5, 0.6) is 0 Å². The predicted molar refractivity (Wildman–Crippen MR) is 86.4 cm³/mol. The number of aryl methyl sites for hydroxylation is 2. The van der Waals surface area contributed by atoms with E-state index in [-0.39, 0.29) is 5.60 Å². The lowest BCUT2D eigenvalue weighted by atomic mass is 9.77. The molecule has 1 aliphatic rings. The molecule has 0 amide bonds. The summed E-state index contributed by atoms with van der Waals surface area (Å²) in [6.07, 6.45) is 10.4. The van der Waals surface area contributed by atoms with Crippen LogP contribution in [0.15, 0.2) is 12.3 Å². The fourth-order valence-electron chi connectivity index (χ4n) is 3.77. The van der Waals surface area contributed by atoms with Crippen molar-refractivity contribution in [3.63, 3.8) is 0 Å². The highest BCUT2D eigenvalue weighted by atomic mass is 16.5. The minimum Gasteiger partial charge on any atom is -0.374 e. The van der Waals surface area contributed by atoms with Crippen LogP contribution in [0.4, 0.5) is 0 Å². The highest BCUT2D eigenvalue weighted by Crippen LogP contribution is 2.36. The molecule has 21 heavy (non-hydrogen) atoms. The Hall–Kier alpha value is -0.870. The first-order valence-electron chi connectivity index (χ1n) is 8.56. The molecule has 4 nitrogen and oxygen atoms in total. The molecule has 1 aromatic heterocycles. The monoisotopic (exact) mass is 293 g/mol. The molecule has 0 saturated heterocycles. The van der Waals surface area contributed by atoms with Gasteiger partial charge in [-0.15, -0.1) is 0 Å². The minimum absolute atomic E-state index is 0.0433. The van der Waals surface area contributed by atoms with Crippen molar-refractivity contribution >= 4 is 0 Å². The molecule has 1 heterocycles. The average Bonchev–Trinajstić information content (AvgIpc) is 2.90. The van der Waals surface area contributed by atoms with Gasteiger partial charge in [-0.25, -0.2) is 0 Å². The van der Waals surface area contributed by atoms with Crippen molar-refractivity contribution in [1.82, 2.24) is 15.1 Å². The Morgan fingerprint density at radius 3 is 2.67 bits per heavy atom. The molecule has 1 atom stereocenters. The summed E-state index contributed by atoms with van der Waals surface area (Å²) in [5.41, 5.74) is 1.35.